The molecule has 0 spiro atoms. The average Bonchev–Trinajstić information content (AvgIpc) is 2.77. The van der Waals surface area contributed by atoms with Gasteiger partial charge in [-0.05, 0) is 60.1 Å². The van der Waals surface area contributed by atoms with Crippen molar-refractivity contribution in [2.75, 3.05) is 0 Å². The van der Waals surface area contributed by atoms with Gasteiger partial charge in [-0.25, -0.2) is 4.39 Å². The van der Waals surface area contributed by atoms with Crippen LogP contribution < -0.4 is 5.73 Å². The Labute approximate surface area is 193 Å². The van der Waals surface area contributed by atoms with Gasteiger partial charge in [0, 0.05) is 11.5 Å². The molecule has 176 valence electrons. The van der Waals surface area contributed by atoms with E-state index in [4.69, 9.17) is 5.73 Å². The lowest BCUT2D eigenvalue weighted by Crippen LogP contribution is -2.66. The van der Waals surface area contributed by atoms with Crippen LogP contribution in [0.5, 0.6) is 5.75 Å². The normalized spacial score (nSPS) is 30.4. The molecule has 0 aliphatic heterocycles. The summed E-state index contributed by atoms with van der Waals surface area (Å²) >= 11 is 0. The monoisotopic (exact) mass is 467 g/mol. The van der Waals surface area contributed by atoms with Crippen LogP contribution >= 0.6 is 0 Å². The molecule has 1 amide bonds. The Bertz CT molecular complexity index is 1280. The highest BCUT2D eigenvalue weighted by Crippen LogP contribution is 2.52. The predicted octanol–water partition coefficient (Wildman–Crippen LogP) is 1.39. The molecule has 8 nitrogen and oxygen atoms in total. The fraction of sp³-hybridized carbons (Fsp3) is 0.320. The summed E-state index contributed by atoms with van der Waals surface area (Å²) in [5, 5.41) is 43.2. The molecule has 0 saturated heterocycles. The molecular weight excluding hydrogens is 445 g/mol. The number of amides is 1. The lowest BCUT2D eigenvalue weighted by molar-refractivity contribution is -0.174. The number of ketones is 2. The number of benzene rings is 2. The van der Waals surface area contributed by atoms with Crippen LogP contribution in [0.25, 0.3) is 16.9 Å². The summed E-state index contributed by atoms with van der Waals surface area (Å²) in [6.07, 6.45) is -1.35. The van der Waals surface area contributed by atoms with Crippen molar-refractivity contribution >= 4 is 23.2 Å². The third-order valence-electron chi connectivity index (χ3n) is 7.42. The van der Waals surface area contributed by atoms with E-state index in [1.807, 2.05) is 0 Å². The average molecular weight is 467 g/mol. The third kappa shape index (κ3) is 2.93. The number of Topliss-reactive ketones (excluding diaryl/α,β-unsaturated/α-hetero) is 2. The Kier molecular flexibility index (Phi) is 4.89. The molecule has 0 aromatic heterocycles. The number of hydrogen-bond donors (Lipinski definition) is 5. The van der Waals surface area contributed by atoms with Gasteiger partial charge >= 0.3 is 0 Å². The molecular formula is C25H22FNO7. The van der Waals surface area contributed by atoms with Crippen molar-refractivity contribution in [2.45, 2.75) is 31.0 Å². The van der Waals surface area contributed by atoms with Crippen LogP contribution in [-0.2, 0) is 20.8 Å². The summed E-state index contributed by atoms with van der Waals surface area (Å²) < 4.78 is 13.4. The number of carbonyl (C=O) groups excluding carboxylic acids is 3. The summed E-state index contributed by atoms with van der Waals surface area (Å²) in [5.41, 5.74) is 4.22. The third-order valence-corrected chi connectivity index (χ3v) is 7.42. The lowest BCUT2D eigenvalue weighted by atomic mass is 9.56. The molecule has 34 heavy (non-hydrogen) atoms. The number of halogens is 1. The Morgan fingerprint density at radius 2 is 1.74 bits per heavy atom. The number of aromatic hydroxyl groups is 1. The fourth-order valence-electron chi connectivity index (χ4n) is 5.82. The van der Waals surface area contributed by atoms with E-state index >= 15 is 0 Å². The summed E-state index contributed by atoms with van der Waals surface area (Å²) in [6.45, 7) is 0. The van der Waals surface area contributed by atoms with E-state index < -0.39 is 58.5 Å². The second kappa shape index (κ2) is 7.48. The van der Waals surface area contributed by atoms with Crippen molar-refractivity contribution in [2.24, 2.45) is 23.5 Å². The molecule has 2 aromatic carbocycles. The van der Waals surface area contributed by atoms with E-state index in [0.29, 0.717) is 16.7 Å². The lowest BCUT2D eigenvalue weighted by Gasteiger charge is -2.48. The number of carbonyl (C=O) groups is 3. The van der Waals surface area contributed by atoms with Gasteiger partial charge in [0.1, 0.15) is 23.2 Å². The van der Waals surface area contributed by atoms with Crippen LogP contribution in [0.2, 0.25) is 0 Å². The van der Waals surface area contributed by atoms with Crippen molar-refractivity contribution < 1.29 is 39.2 Å². The van der Waals surface area contributed by atoms with Crippen molar-refractivity contribution in [3.05, 3.63) is 58.9 Å². The Hall–Kier alpha value is -3.56. The zero-order valence-corrected chi connectivity index (χ0v) is 17.9. The molecule has 0 bridgehead atoms. The minimum absolute atomic E-state index is 0.00165. The van der Waals surface area contributed by atoms with Crippen LogP contribution in [0.15, 0.2) is 42.0 Å². The molecule has 5 rings (SSSR count). The van der Waals surface area contributed by atoms with Crippen LogP contribution in [0, 0.1) is 23.6 Å². The quantitative estimate of drug-likeness (QED) is 0.418. The summed E-state index contributed by atoms with van der Waals surface area (Å²) in [7, 11) is 0. The molecule has 9 heteroatoms. The molecule has 6 N–H and O–H groups in total. The second-order valence-electron chi connectivity index (χ2n) is 9.23. The fourth-order valence-corrected chi connectivity index (χ4v) is 5.82. The molecule has 2 unspecified atom stereocenters. The Balaban J connectivity index is 1.66. The van der Waals surface area contributed by atoms with E-state index in [9.17, 15) is 39.2 Å². The van der Waals surface area contributed by atoms with E-state index in [1.54, 1.807) is 18.2 Å². The number of primary amides is 1. The summed E-state index contributed by atoms with van der Waals surface area (Å²) in [6, 6.07) is 8.66. The first-order valence-electron chi connectivity index (χ1n) is 10.9. The van der Waals surface area contributed by atoms with Gasteiger partial charge in [0.2, 0.25) is 11.7 Å². The maximum atomic E-state index is 13.5. The molecule has 2 aromatic rings. The van der Waals surface area contributed by atoms with Gasteiger partial charge in [-0.15, -0.1) is 0 Å². The molecule has 3 aliphatic rings. The highest BCUT2D eigenvalue weighted by Gasteiger charge is 2.63. The number of rotatable bonds is 2. The number of aliphatic hydroxyl groups excluding tert-OH is 2. The number of phenols is 1. The van der Waals surface area contributed by atoms with Crippen molar-refractivity contribution in [1.29, 1.82) is 0 Å². The van der Waals surface area contributed by atoms with Crippen LogP contribution in [0.3, 0.4) is 0 Å². The minimum atomic E-state index is -2.61. The zero-order chi connectivity index (χ0) is 24.5. The molecule has 0 heterocycles. The highest BCUT2D eigenvalue weighted by molar-refractivity contribution is 6.24. The second-order valence-corrected chi connectivity index (χ2v) is 9.23. The van der Waals surface area contributed by atoms with Gasteiger partial charge < -0.3 is 26.2 Å². The van der Waals surface area contributed by atoms with E-state index in [0.717, 1.165) is 0 Å². The van der Waals surface area contributed by atoms with E-state index in [2.05, 4.69) is 0 Å². The van der Waals surface area contributed by atoms with Gasteiger partial charge in [0.05, 0.1) is 11.7 Å². The van der Waals surface area contributed by atoms with Crippen molar-refractivity contribution in [1.82, 2.24) is 0 Å². The predicted molar refractivity (Wildman–Crippen MR) is 117 cm³/mol. The Morgan fingerprint density at radius 1 is 1.06 bits per heavy atom. The maximum absolute atomic E-state index is 13.5. The smallest absolute Gasteiger partial charge is 0.230 e. The SMILES string of the molecule is NC(=O)C1C(=O)[C@@]2(O)C(=O)C3=C(O)c4c(O)ccc(-c5ccc(F)cc5)c4C[C@H]3C[C@H]2CC1O. The van der Waals surface area contributed by atoms with E-state index in [1.165, 1.54) is 18.2 Å². The number of aliphatic hydroxyl groups is 3. The maximum Gasteiger partial charge on any atom is 0.230 e. The highest BCUT2D eigenvalue weighted by atomic mass is 19.1. The molecule has 5 atom stereocenters. The van der Waals surface area contributed by atoms with Gasteiger partial charge in [-0.1, -0.05) is 18.2 Å². The zero-order valence-electron chi connectivity index (χ0n) is 17.9. The van der Waals surface area contributed by atoms with E-state index in [-0.39, 0.29) is 36.1 Å². The van der Waals surface area contributed by atoms with Crippen LogP contribution in [0.4, 0.5) is 4.39 Å². The molecule has 2 fully saturated rings. The number of nitrogens with two attached hydrogens (primary N) is 1. The first-order chi connectivity index (χ1) is 16.1. The number of phenolic OH excluding ortho intramolecular Hbond substituents is 1. The van der Waals surface area contributed by atoms with Gasteiger partial charge in [-0.3, -0.25) is 14.4 Å². The molecule has 0 radical (unpaired) electrons. The van der Waals surface area contributed by atoms with Gasteiger partial charge in [0.25, 0.3) is 0 Å². The first-order valence-corrected chi connectivity index (χ1v) is 10.9. The van der Waals surface area contributed by atoms with Crippen molar-refractivity contribution in [3.63, 3.8) is 0 Å². The largest absolute Gasteiger partial charge is 0.507 e. The summed E-state index contributed by atoms with van der Waals surface area (Å²) in [5.74, 6) is -7.98. The van der Waals surface area contributed by atoms with Crippen LogP contribution in [0.1, 0.15) is 24.0 Å². The number of hydrogen-bond acceptors (Lipinski definition) is 7. The molecule has 2 saturated carbocycles. The standard InChI is InChI=1S/C25H22FNO7/c26-13-3-1-10(2-4-13)14-5-6-16(28)19-15(14)8-11-7-12-9-17(29)20(24(27)33)23(32)25(12,34)22(31)18(11)21(19)30/h1-6,11-12,17,20,28-30,34H,7-9H2,(H2,27,33)/t11-,12+,17?,20?,25+/m1/s1. The molecule has 3 aliphatic carbocycles. The summed E-state index contributed by atoms with van der Waals surface area (Å²) in [4.78, 5) is 38.2. The first kappa shape index (κ1) is 22.2. The van der Waals surface area contributed by atoms with Gasteiger partial charge in [0.15, 0.2) is 11.4 Å². The van der Waals surface area contributed by atoms with Crippen LogP contribution in [-0.4, -0.2) is 49.6 Å². The number of fused-ring (bicyclic) bond motifs is 3. The minimum Gasteiger partial charge on any atom is -0.507 e. The van der Waals surface area contributed by atoms with Crippen molar-refractivity contribution in [3.8, 4) is 16.9 Å². The van der Waals surface area contributed by atoms with Gasteiger partial charge in [-0.2, -0.15) is 0 Å². The Morgan fingerprint density at radius 3 is 2.38 bits per heavy atom. The topological polar surface area (TPSA) is 158 Å².